The second-order valence-electron chi connectivity index (χ2n) is 11.0. The molecule has 3 amide bonds. The van der Waals surface area contributed by atoms with E-state index in [-0.39, 0.29) is 23.5 Å². The Hall–Kier alpha value is -2.45. The zero-order chi connectivity index (χ0) is 24.0. The predicted octanol–water partition coefficient (Wildman–Crippen LogP) is 3.61. The van der Waals surface area contributed by atoms with E-state index in [2.05, 4.69) is 35.3 Å². The van der Waals surface area contributed by atoms with Gasteiger partial charge < -0.3 is 20.6 Å². The molecule has 33 heavy (non-hydrogen) atoms. The summed E-state index contributed by atoms with van der Waals surface area (Å²) in [5.74, 6) is 0.735. The largest absolute Gasteiger partial charge is 0.387 e. The van der Waals surface area contributed by atoms with Crippen LogP contribution in [-0.2, 0) is 4.79 Å². The molecule has 0 radical (unpaired) electrons. The molecule has 1 saturated carbocycles. The number of amides is 3. The summed E-state index contributed by atoms with van der Waals surface area (Å²) in [4.78, 5) is 32.8. The Balaban J connectivity index is 1.42. The SMILES string of the molecule is CC1(C)C2=C(CN1C(=O)NC[C@@H](O)c1ccccc1)C(NC(=O)C1([Si](C)(C)C)CCC1)=NC2. The molecule has 0 saturated heterocycles. The first-order valence-electron chi connectivity index (χ1n) is 11.8. The molecule has 1 atom stereocenters. The van der Waals surface area contributed by atoms with Gasteiger partial charge in [0.05, 0.1) is 32.8 Å². The third kappa shape index (κ3) is 4.03. The average Bonchev–Trinajstić information content (AvgIpc) is 3.22. The number of carbonyl (C=O) groups is 2. The molecule has 2 aliphatic heterocycles. The highest BCUT2D eigenvalue weighted by Crippen LogP contribution is 2.55. The van der Waals surface area contributed by atoms with Gasteiger partial charge in [0, 0.05) is 17.2 Å². The third-order valence-corrected chi connectivity index (χ3v) is 11.6. The summed E-state index contributed by atoms with van der Waals surface area (Å²) in [5, 5.41) is 16.2. The van der Waals surface area contributed by atoms with Crippen LogP contribution in [0.5, 0.6) is 0 Å². The molecule has 4 rings (SSSR count). The lowest BCUT2D eigenvalue weighted by molar-refractivity contribution is -0.125. The van der Waals surface area contributed by atoms with Crippen LogP contribution >= 0.6 is 0 Å². The second-order valence-corrected chi connectivity index (χ2v) is 16.5. The molecule has 0 spiro atoms. The number of carbonyl (C=O) groups excluding carboxylic acids is 2. The number of aliphatic hydroxyl groups excluding tert-OH is 1. The van der Waals surface area contributed by atoms with E-state index in [1.165, 1.54) is 0 Å². The summed E-state index contributed by atoms with van der Waals surface area (Å²) in [5.41, 5.74) is 2.29. The van der Waals surface area contributed by atoms with Gasteiger partial charge in [-0.3, -0.25) is 9.79 Å². The van der Waals surface area contributed by atoms with Gasteiger partial charge in [-0.2, -0.15) is 0 Å². The molecule has 2 heterocycles. The number of aliphatic hydroxyl groups is 1. The van der Waals surface area contributed by atoms with Crippen molar-refractivity contribution in [2.24, 2.45) is 4.99 Å². The lowest BCUT2D eigenvalue weighted by atomic mass is 9.83. The average molecular weight is 469 g/mol. The van der Waals surface area contributed by atoms with Crippen LogP contribution in [0, 0.1) is 0 Å². The molecule has 3 aliphatic rings. The fourth-order valence-corrected chi connectivity index (χ4v) is 7.93. The van der Waals surface area contributed by atoms with Crippen molar-refractivity contribution in [1.29, 1.82) is 0 Å². The van der Waals surface area contributed by atoms with Crippen molar-refractivity contribution in [3.63, 3.8) is 0 Å². The van der Waals surface area contributed by atoms with Crippen LogP contribution in [0.25, 0.3) is 0 Å². The fourth-order valence-electron chi connectivity index (χ4n) is 5.33. The highest BCUT2D eigenvalue weighted by atomic mass is 28.3. The molecule has 1 aliphatic carbocycles. The molecule has 1 aromatic rings. The number of rotatable bonds is 5. The molecule has 3 N–H and O–H groups in total. The standard InChI is InChI=1S/C25H36N4O3Si/c1-24(2)19-14-26-21(28-22(31)25(12-9-13-25)33(3,4)5)18(19)16-29(24)23(32)27-15-20(30)17-10-7-6-8-11-17/h6-8,10-11,20,30H,9,12-16H2,1-5H3,(H,27,32)(H,26,28,31)/t20-/m1/s1. The number of benzene rings is 1. The van der Waals surface area contributed by atoms with Crippen LogP contribution in [0.2, 0.25) is 24.7 Å². The molecule has 1 aromatic carbocycles. The van der Waals surface area contributed by atoms with Gasteiger partial charge in [0.1, 0.15) is 5.84 Å². The van der Waals surface area contributed by atoms with E-state index in [1.807, 2.05) is 44.2 Å². The number of aliphatic imine (C=N–C) groups is 1. The van der Waals surface area contributed by atoms with E-state index < -0.39 is 19.7 Å². The molecule has 0 bridgehead atoms. The Kier molecular flexibility index (Phi) is 6.03. The Morgan fingerprint density at radius 2 is 1.85 bits per heavy atom. The Morgan fingerprint density at radius 1 is 1.18 bits per heavy atom. The van der Waals surface area contributed by atoms with Gasteiger partial charge >= 0.3 is 6.03 Å². The van der Waals surface area contributed by atoms with Gasteiger partial charge in [0.2, 0.25) is 5.91 Å². The maximum atomic E-state index is 13.3. The molecule has 0 unspecified atom stereocenters. The zero-order valence-corrected chi connectivity index (χ0v) is 21.4. The fraction of sp³-hybridized carbons (Fsp3) is 0.560. The molecule has 0 aromatic heterocycles. The zero-order valence-electron chi connectivity index (χ0n) is 20.4. The summed E-state index contributed by atoms with van der Waals surface area (Å²) in [7, 11) is -1.68. The van der Waals surface area contributed by atoms with E-state index in [0.29, 0.717) is 18.9 Å². The van der Waals surface area contributed by atoms with Crippen molar-refractivity contribution >= 4 is 25.8 Å². The van der Waals surface area contributed by atoms with E-state index >= 15 is 0 Å². The quantitative estimate of drug-likeness (QED) is 0.576. The van der Waals surface area contributed by atoms with Crippen LogP contribution in [-0.4, -0.2) is 61.0 Å². The topological polar surface area (TPSA) is 94.0 Å². The molecular formula is C25H36N4O3Si. The number of nitrogens with one attached hydrogen (secondary N) is 2. The summed E-state index contributed by atoms with van der Waals surface area (Å²) in [6, 6.07) is 9.07. The molecule has 1 fully saturated rings. The minimum atomic E-state index is -1.68. The number of hydrogen-bond acceptors (Lipinski definition) is 4. The van der Waals surface area contributed by atoms with Gasteiger partial charge in [0.25, 0.3) is 0 Å². The van der Waals surface area contributed by atoms with E-state index in [9.17, 15) is 14.7 Å². The Bertz CT molecular complexity index is 1010. The maximum Gasteiger partial charge on any atom is 0.318 e. The first kappa shape index (κ1) is 23.7. The lowest BCUT2D eigenvalue weighted by Gasteiger charge is -2.49. The van der Waals surface area contributed by atoms with Gasteiger partial charge in [-0.05, 0) is 37.8 Å². The maximum absolute atomic E-state index is 13.3. The van der Waals surface area contributed by atoms with Crippen molar-refractivity contribution in [2.45, 2.75) is 69.4 Å². The first-order valence-corrected chi connectivity index (χ1v) is 15.3. The van der Waals surface area contributed by atoms with E-state index in [4.69, 9.17) is 0 Å². The minimum Gasteiger partial charge on any atom is -0.387 e. The number of amidine groups is 1. The second kappa shape index (κ2) is 8.40. The highest BCUT2D eigenvalue weighted by molar-refractivity contribution is 6.82. The number of hydrogen-bond donors (Lipinski definition) is 3. The molecular weight excluding hydrogens is 432 g/mol. The number of urea groups is 1. The third-order valence-electron chi connectivity index (χ3n) is 7.96. The van der Waals surface area contributed by atoms with Gasteiger partial charge in [0.15, 0.2) is 0 Å². The van der Waals surface area contributed by atoms with Gasteiger partial charge in [-0.25, -0.2) is 4.79 Å². The van der Waals surface area contributed by atoms with Crippen LogP contribution in [0.15, 0.2) is 46.5 Å². The van der Waals surface area contributed by atoms with Crippen LogP contribution in [0.1, 0.15) is 44.8 Å². The summed E-state index contributed by atoms with van der Waals surface area (Å²) < 4.78 is 0. The van der Waals surface area contributed by atoms with E-state index in [0.717, 1.165) is 36.0 Å². The van der Waals surface area contributed by atoms with Gasteiger partial charge in [-0.1, -0.05) is 56.4 Å². The summed E-state index contributed by atoms with van der Waals surface area (Å²) >= 11 is 0. The highest BCUT2D eigenvalue weighted by Gasteiger charge is 2.54. The Labute approximate surface area is 197 Å². The van der Waals surface area contributed by atoms with Crippen molar-refractivity contribution in [1.82, 2.24) is 15.5 Å². The van der Waals surface area contributed by atoms with Crippen molar-refractivity contribution in [3.05, 3.63) is 47.0 Å². The van der Waals surface area contributed by atoms with Crippen molar-refractivity contribution in [2.75, 3.05) is 19.6 Å². The van der Waals surface area contributed by atoms with Crippen molar-refractivity contribution in [3.8, 4) is 0 Å². The van der Waals surface area contributed by atoms with Crippen LogP contribution in [0.3, 0.4) is 0 Å². The Morgan fingerprint density at radius 3 is 2.42 bits per heavy atom. The molecule has 178 valence electrons. The normalized spacial score (nSPS) is 21.8. The summed E-state index contributed by atoms with van der Waals surface area (Å²) in [6.07, 6.45) is 2.25. The smallest absolute Gasteiger partial charge is 0.318 e. The van der Waals surface area contributed by atoms with E-state index in [1.54, 1.807) is 4.90 Å². The molecule has 7 nitrogen and oxygen atoms in total. The lowest BCUT2D eigenvalue weighted by Crippen LogP contribution is -2.55. The monoisotopic (exact) mass is 468 g/mol. The van der Waals surface area contributed by atoms with Crippen LogP contribution < -0.4 is 10.6 Å². The van der Waals surface area contributed by atoms with Crippen molar-refractivity contribution < 1.29 is 14.7 Å². The molecule has 8 heteroatoms. The number of nitrogens with zero attached hydrogens (tertiary/aromatic N) is 2. The first-order chi connectivity index (χ1) is 15.5. The van der Waals surface area contributed by atoms with Crippen LogP contribution in [0.4, 0.5) is 4.79 Å². The van der Waals surface area contributed by atoms with Gasteiger partial charge in [-0.15, -0.1) is 0 Å². The minimum absolute atomic E-state index is 0.104. The summed E-state index contributed by atoms with van der Waals surface area (Å²) in [6.45, 7) is 11.8. The predicted molar refractivity (Wildman–Crippen MR) is 133 cm³/mol.